The van der Waals surface area contributed by atoms with Gasteiger partial charge in [-0.2, -0.15) is 0 Å². The fourth-order valence-electron chi connectivity index (χ4n) is 2.74. The average Bonchev–Trinajstić information content (AvgIpc) is 2.69. The first-order valence-corrected chi connectivity index (χ1v) is 7.46. The third-order valence-electron chi connectivity index (χ3n) is 3.88. The summed E-state index contributed by atoms with van der Waals surface area (Å²) in [4.78, 5) is 14.0. The van der Waals surface area contributed by atoms with Gasteiger partial charge in [-0.3, -0.25) is 4.79 Å². The molecule has 2 fully saturated rings. The number of carbonyl (C=O) groups is 1. The molecule has 1 N–H and O–H groups in total. The fourth-order valence-corrected chi connectivity index (χ4v) is 2.74. The number of nitrogens with one attached hydrogen (secondary N) is 1. The number of ether oxygens (including phenoxy) is 1. The van der Waals surface area contributed by atoms with Gasteiger partial charge < -0.3 is 15.0 Å². The Bertz CT molecular complexity index is 244. The number of nitrogens with zero attached hydrogens (tertiary/aromatic N) is 1. The SMILES string of the molecule is O=C(CNCC1CCCCO1)N1CCCCCC1. The molecular formula is C14H26N2O2. The number of carbonyl (C=O) groups excluding carboxylic acids is 1. The average molecular weight is 254 g/mol. The molecule has 2 aliphatic rings. The van der Waals surface area contributed by atoms with E-state index in [2.05, 4.69) is 5.32 Å². The summed E-state index contributed by atoms with van der Waals surface area (Å²) in [5.74, 6) is 0.257. The van der Waals surface area contributed by atoms with E-state index >= 15 is 0 Å². The Morgan fingerprint density at radius 1 is 1.11 bits per heavy atom. The van der Waals surface area contributed by atoms with Crippen molar-refractivity contribution in [3.63, 3.8) is 0 Å². The molecule has 1 atom stereocenters. The molecule has 1 amide bonds. The molecule has 0 aromatic rings. The normalized spacial score (nSPS) is 25.8. The van der Waals surface area contributed by atoms with E-state index in [9.17, 15) is 4.79 Å². The lowest BCUT2D eigenvalue weighted by molar-refractivity contribution is -0.130. The van der Waals surface area contributed by atoms with Gasteiger partial charge in [0.2, 0.25) is 5.91 Å². The van der Waals surface area contributed by atoms with Crippen LogP contribution in [0.3, 0.4) is 0 Å². The van der Waals surface area contributed by atoms with E-state index in [1.807, 2.05) is 4.90 Å². The van der Waals surface area contributed by atoms with Crippen LogP contribution in [-0.4, -0.2) is 49.7 Å². The maximum absolute atomic E-state index is 12.0. The van der Waals surface area contributed by atoms with Crippen molar-refractivity contribution in [3.05, 3.63) is 0 Å². The van der Waals surface area contributed by atoms with Gasteiger partial charge in [0.05, 0.1) is 12.6 Å². The minimum atomic E-state index is 0.257. The van der Waals surface area contributed by atoms with E-state index in [1.54, 1.807) is 0 Å². The molecule has 0 aromatic heterocycles. The largest absolute Gasteiger partial charge is 0.377 e. The monoisotopic (exact) mass is 254 g/mol. The molecule has 2 heterocycles. The third-order valence-corrected chi connectivity index (χ3v) is 3.88. The highest BCUT2D eigenvalue weighted by atomic mass is 16.5. The summed E-state index contributed by atoms with van der Waals surface area (Å²) >= 11 is 0. The smallest absolute Gasteiger partial charge is 0.236 e. The van der Waals surface area contributed by atoms with Crippen molar-refractivity contribution >= 4 is 5.91 Å². The van der Waals surface area contributed by atoms with E-state index < -0.39 is 0 Å². The molecule has 1 unspecified atom stereocenters. The number of likely N-dealkylation sites (tertiary alicyclic amines) is 1. The van der Waals surface area contributed by atoms with Crippen molar-refractivity contribution in [3.8, 4) is 0 Å². The van der Waals surface area contributed by atoms with Crippen LogP contribution in [0.4, 0.5) is 0 Å². The van der Waals surface area contributed by atoms with E-state index in [-0.39, 0.29) is 5.91 Å². The van der Waals surface area contributed by atoms with Gasteiger partial charge in [-0.15, -0.1) is 0 Å². The van der Waals surface area contributed by atoms with Gasteiger partial charge in [0.15, 0.2) is 0 Å². The summed E-state index contributed by atoms with van der Waals surface area (Å²) in [5, 5.41) is 3.26. The fraction of sp³-hybridized carbons (Fsp3) is 0.929. The zero-order valence-electron chi connectivity index (χ0n) is 11.3. The minimum absolute atomic E-state index is 0.257. The number of hydrogen-bond donors (Lipinski definition) is 1. The molecule has 4 nitrogen and oxygen atoms in total. The first kappa shape index (κ1) is 13.8. The maximum Gasteiger partial charge on any atom is 0.236 e. The second-order valence-corrected chi connectivity index (χ2v) is 5.41. The lowest BCUT2D eigenvalue weighted by atomic mass is 10.1. The van der Waals surface area contributed by atoms with E-state index in [1.165, 1.54) is 25.7 Å². The zero-order valence-corrected chi connectivity index (χ0v) is 11.3. The quantitative estimate of drug-likeness (QED) is 0.827. The lowest BCUT2D eigenvalue weighted by Crippen LogP contribution is -2.41. The number of hydrogen-bond acceptors (Lipinski definition) is 3. The van der Waals surface area contributed by atoms with Crippen LogP contribution in [-0.2, 0) is 9.53 Å². The summed E-state index contributed by atoms with van der Waals surface area (Å²) in [6.07, 6.45) is 8.76. The zero-order chi connectivity index (χ0) is 12.6. The van der Waals surface area contributed by atoms with Crippen LogP contribution in [0.2, 0.25) is 0 Å². The van der Waals surface area contributed by atoms with Gasteiger partial charge in [-0.1, -0.05) is 12.8 Å². The first-order chi connectivity index (χ1) is 8.86. The molecule has 0 aromatic carbocycles. The van der Waals surface area contributed by atoms with Crippen LogP contribution in [0.5, 0.6) is 0 Å². The molecule has 0 spiro atoms. The second kappa shape index (κ2) is 7.74. The van der Waals surface area contributed by atoms with Crippen molar-refractivity contribution in [2.24, 2.45) is 0 Å². The van der Waals surface area contributed by atoms with Crippen LogP contribution in [0.25, 0.3) is 0 Å². The predicted molar refractivity (Wildman–Crippen MR) is 71.5 cm³/mol. The van der Waals surface area contributed by atoms with E-state index in [0.29, 0.717) is 12.6 Å². The Balaban J connectivity index is 1.61. The topological polar surface area (TPSA) is 41.6 Å². The summed E-state index contributed by atoms with van der Waals surface area (Å²) in [7, 11) is 0. The van der Waals surface area contributed by atoms with Crippen molar-refractivity contribution in [1.29, 1.82) is 0 Å². The summed E-state index contributed by atoms with van der Waals surface area (Å²) in [6, 6.07) is 0. The molecule has 0 saturated carbocycles. The van der Waals surface area contributed by atoms with Gasteiger partial charge in [0, 0.05) is 26.2 Å². The van der Waals surface area contributed by atoms with Crippen molar-refractivity contribution < 1.29 is 9.53 Å². The van der Waals surface area contributed by atoms with Crippen LogP contribution >= 0.6 is 0 Å². The lowest BCUT2D eigenvalue weighted by Gasteiger charge is -2.24. The molecule has 18 heavy (non-hydrogen) atoms. The van der Waals surface area contributed by atoms with Gasteiger partial charge in [0.25, 0.3) is 0 Å². The molecule has 4 heteroatoms. The van der Waals surface area contributed by atoms with Crippen LogP contribution < -0.4 is 5.32 Å². The summed E-state index contributed by atoms with van der Waals surface area (Å²) in [6.45, 7) is 4.06. The predicted octanol–water partition coefficient (Wildman–Crippen LogP) is 1.55. The van der Waals surface area contributed by atoms with E-state index in [0.717, 1.165) is 45.5 Å². The molecule has 2 rings (SSSR count). The Kier molecular flexibility index (Phi) is 5.94. The van der Waals surface area contributed by atoms with Crippen molar-refractivity contribution in [2.45, 2.75) is 51.0 Å². The van der Waals surface area contributed by atoms with Gasteiger partial charge in [-0.05, 0) is 32.1 Å². The van der Waals surface area contributed by atoms with Gasteiger partial charge in [0.1, 0.15) is 0 Å². The van der Waals surface area contributed by atoms with Crippen LogP contribution in [0.15, 0.2) is 0 Å². The Hall–Kier alpha value is -0.610. The molecule has 0 aliphatic carbocycles. The summed E-state index contributed by atoms with van der Waals surface area (Å²) in [5.41, 5.74) is 0. The van der Waals surface area contributed by atoms with Gasteiger partial charge >= 0.3 is 0 Å². The van der Waals surface area contributed by atoms with Gasteiger partial charge in [-0.25, -0.2) is 0 Å². The summed E-state index contributed by atoms with van der Waals surface area (Å²) < 4.78 is 5.64. The molecule has 0 bridgehead atoms. The number of amides is 1. The van der Waals surface area contributed by atoms with E-state index in [4.69, 9.17) is 4.74 Å². The highest BCUT2D eigenvalue weighted by Crippen LogP contribution is 2.12. The highest BCUT2D eigenvalue weighted by Gasteiger charge is 2.17. The molecule has 104 valence electrons. The Labute approximate surface area is 110 Å². The minimum Gasteiger partial charge on any atom is -0.377 e. The van der Waals surface area contributed by atoms with Crippen LogP contribution in [0.1, 0.15) is 44.9 Å². The third kappa shape index (κ3) is 4.58. The molecule has 2 saturated heterocycles. The standard InChI is InChI=1S/C14H26N2O2/c17-14(16-8-4-1-2-5-9-16)12-15-11-13-7-3-6-10-18-13/h13,15H,1-12H2. The maximum atomic E-state index is 12.0. The van der Waals surface area contributed by atoms with Crippen molar-refractivity contribution in [2.75, 3.05) is 32.8 Å². The second-order valence-electron chi connectivity index (χ2n) is 5.41. The highest BCUT2D eigenvalue weighted by molar-refractivity contribution is 5.78. The Morgan fingerprint density at radius 2 is 1.89 bits per heavy atom. The molecule has 2 aliphatic heterocycles. The van der Waals surface area contributed by atoms with Crippen molar-refractivity contribution in [1.82, 2.24) is 10.2 Å². The Morgan fingerprint density at radius 3 is 2.56 bits per heavy atom. The molecular weight excluding hydrogens is 228 g/mol. The first-order valence-electron chi connectivity index (χ1n) is 7.46. The van der Waals surface area contributed by atoms with Crippen LogP contribution in [0, 0.1) is 0 Å². The molecule has 0 radical (unpaired) electrons. The number of rotatable bonds is 4.